The molecule has 0 saturated heterocycles. The van der Waals surface area contributed by atoms with Crippen molar-refractivity contribution in [2.45, 2.75) is 40.0 Å². The molecular weight excluding hydrogens is 330 g/mol. The van der Waals surface area contributed by atoms with Gasteiger partial charge in [-0.2, -0.15) is 0 Å². The lowest BCUT2D eigenvalue weighted by Crippen LogP contribution is -2.08. The molecule has 3 aromatic rings. The molecule has 2 heterocycles. The molecule has 130 valence electrons. The molecule has 3 rings (SSSR count). The van der Waals surface area contributed by atoms with E-state index in [0.29, 0.717) is 12.2 Å². The number of benzene rings is 1. The largest absolute Gasteiger partial charge is 0.462 e. The van der Waals surface area contributed by atoms with Crippen molar-refractivity contribution < 1.29 is 9.53 Å². The SMILES string of the molecule is CCCCCOC(=O)c1cc(-c2cccs2)nc2c(C)cc(C)cc12. The summed E-state index contributed by atoms with van der Waals surface area (Å²) >= 11 is 1.62. The summed E-state index contributed by atoms with van der Waals surface area (Å²) in [7, 11) is 0. The third-order valence-corrected chi connectivity index (χ3v) is 5.12. The van der Waals surface area contributed by atoms with Crippen molar-refractivity contribution in [3.63, 3.8) is 0 Å². The Kier molecular flexibility index (Phi) is 5.49. The number of rotatable bonds is 6. The van der Waals surface area contributed by atoms with Crippen LogP contribution in [0, 0.1) is 13.8 Å². The minimum atomic E-state index is -0.258. The number of hydrogen-bond acceptors (Lipinski definition) is 4. The third kappa shape index (κ3) is 3.90. The van der Waals surface area contributed by atoms with Gasteiger partial charge in [-0.3, -0.25) is 0 Å². The van der Waals surface area contributed by atoms with Gasteiger partial charge in [0.25, 0.3) is 0 Å². The number of pyridine rings is 1. The second kappa shape index (κ2) is 7.79. The average Bonchev–Trinajstić information content (AvgIpc) is 3.12. The highest BCUT2D eigenvalue weighted by Gasteiger charge is 2.17. The summed E-state index contributed by atoms with van der Waals surface area (Å²) in [6, 6.07) is 10.0. The van der Waals surface area contributed by atoms with Crippen LogP contribution in [-0.2, 0) is 4.74 Å². The second-order valence-corrected chi connectivity index (χ2v) is 7.30. The molecule has 0 spiro atoms. The van der Waals surface area contributed by atoms with Crippen LogP contribution in [0.5, 0.6) is 0 Å². The van der Waals surface area contributed by atoms with Gasteiger partial charge < -0.3 is 4.74 Å². The van der Waals surface area contributed by atoms with E-state index in [1.165, 1.54) is 0 Å². The molecular formula is C21H23NO2S. The topological polar surface area (TPSA) is 39.2 Å². The first-order valence-electron chi connectivity index (χ1n) is 8.73. The van der Waals surface area contributed by atoms with Crippen LogP contribution in [0.15, 0.2) is 35.7 Å². The maximum atomic E-state index is 12.7. The van der Waals surface area contributed by atoms with E-state index < -0.39 is 0 Å². The fourth-order valence-electron chi connectivity index (χ4n) is 2.99. The van der Waals surface area contributed by atoms with Crippen molar-refractivity contribution in [3.8, 4) is 10.6 Å². The Morgan fingerprint density at radius 2 is 2.04 bits per heavy atom. The number of carbonyl (C=O) groups is 1. The lowest BCUT2D eigenvalue weighted by molar-refractivity contribution is 0.0500. The van der Waals surface area contributed by atoms with Crippen LogP contribution >= 0.6 is 11.3 Å². The van der Waals surface area contributed by atoms with Gasteiger partial charge in [0.1, 0.15) is 0 Å². The van der Waals surface area contributed by atoms with Crippen molar-refractivity contribution in [3.05, 3.63) is 52.4 Å². The predicted octanol–water partition coefficient (Wildman–Crippen LogP) is 5.93. The van der Waals surface area contributed by atoms with Crippen LogP contribution in [0.4, 0.5) is 0 Å². The van der Waals surface area contributed by atoms with E-state index in [2.05, 4.69) is 13.0 Å². The molecule has 25 heavy (non-hydrogen) atoms. The van der Waals surface area contributed by atoms with Crippen molar-refractivity contribution in [2.75, 3.05) is 6.61 Å². The Morgan fingerprint density at radius 3 is 2.76 bits per heavy atom. The molecule has 0 saturated carbocycles. The molecule has 0 N–H and O–H groups in total. The Bertz CT molecular complexity index is 885. The van der Waals surface area contributed by atoms with Gasteiger partial charge in [-0.15, -0.1) is 11.3 Å². The number of thiophene rings is 1. The minimum Gasteiger partial charge on any atom is -0.462 e. The van der Waals surface area contributed by atoms with Crippen LogP contribution < -0.4 is 0 Å². The number of ether oxygens (including phenoxy) is 1. The maximum Gasteiger partial charge on any atom is 0.338 e. The van der Waals surface area contributed by atoms with Gasteiger partial charge in [-0.1, -0.05) is 37.5 Å². The van der Waals surface area contributed by atoms with E-state index in [4.69, 9.17) is 9.72 Å². The van der Waals surface area contributed by atoms with Crippen LogP contribution in [0.3, 0.4) is 0 Å². The number of fused-ring (bicyclic) bond motifs is 1. The van der Waals surface area contributed by atoms with Gasteiger partial charge in [0.05, 0.1) is 28.3 Å². The summed E-state index contributed by atoms with van der Waals surface area (Å²) in [5.41, 5.74) is 4.51. The number of nitrogens with zero attached hydrogens (tertiary/aromatic N) is 1. The zero-order valence-electron chi connectivity index (χ0n) is 15.0. The number of carbonyl (C=O) groups excluding carboxylic acids is 1. The fourth-order valence-corrected chi connectivity index (χ4v) is 3.68. The molecule has 1 aromatic carbocycles. The Hall–Kier alpha value is -2.20. The smallest absolute Gasteiger partial charge is 0.338 e. The predicted molar refractivity (Wildman–Crippen MR) is 104 cm³/mol. The number of aryl methyl sites for hydroxylation is 2. The van der Waals surface area contributed by atoms with E-state index in [1.54, 1.807) is 11.3 Å². The van der Waals surface area contributed by atoms with Crippen LogP contribution in [0.25, 0.3) is 21.5 Å². The first kappa shape index (κ1) is 17.6. The molecule has 3 nitrogen and oxygen atoms in total. The van der Waals surface area contributed by atoms with Crippen molar-refractivity contribution in [1.82, 2.24) is 4.98 Å². The molecule has 4 heteroatoms. The van der Waals surface area contributed by atoms with E-state index >= 15 is 0 Å². The quantitative estimate of drug-likeness (QED) is 0.407. The van der Waals surface area contributed by atoms with Crippen molar-refractivity contribution >= 4 is 28.2 Å². The number of esters is 1. The molecule has 0 radical (unpaired) electrons. The molecule has 0 aliphatic rings. The van der Waals surface area contributed by atoms with Crippen LogP contribution in [0.1, 0.15) is 47.7 Å². The van der Waals surface area contributed by atoms with Crippen molar-refractivity contribution in [2.24, 2.45) is 0 Å². The van der Waals surface area contributed by atoms with Gasteiger partial charge in [0.15, 0.2) is 0 Å². The zero-order valence-corrected chi connectivity index (χ0v) is 15.8. The molecule has 0 unspecified atom stereocenters. The summed E-state index contributed by atoms with van der Waals surface area (Å²) in [4.78, 5) is 18.6. The lowest BCUT2D eigenvalue weighted by Gasteiger charge is -2.12. The monoisotopic (exact) mass is 353 g/mol. The molecule has 0 amide bonds. The molecule has 0 aliphatic heterocycles. The van der Waals surface area contributed by atoms with E-state index in [9.17, 15) is 4.79 Å². The molecule has 0 bridgehead atoms. The maximum absolute atomic E-state index is 12.7. The van der Waals surface area contributed by atoms with E-state index in [1.807, 2.05) is 43.5 Å². The highest BCUT2D eigenvalue weighted by Crippen LogP contribution is 2.30. The fraction of sp³-hybridized carbons (Fsp3) is 0.333. The Labute approximate surface area is 152 Å². The summed E-state index contributed by atoms with van der Waals surface area (Å²) in [5, 5.41) is 2.89. The van der Waals surface area contributed by atoms with E-state index in [0.717, 1.165) is 51.9 Å². The normalized spacial score (nSPS) is 11.0. The highest BCUT2D eigenvalue weighted by molar-refractivity contribution is 7.13. The molecule has 0 atom stereocenters. The first-order valence-corrected chi connectivity index (χ1v) is 9.61. The van der Waals surface area contributed by atoms with Gasteiger partial charge in [-0.25, -0.2) is 9.78 Å². The van der Waals surface area contributed by atoms with Gasteiger partial charge in [0.2, 0.25) is 0 Å². The summed E-state index contributed by atoms with van der Waals surface area (Å²) < 4.78 is 5.53. The molecule has 0 fully saturated rings. The van der Waals surface area contributed by atoms with Gasteiger partial charge >= 0.3 is 5.97 Å². The van der Waals surface area contributed by atoms with Crippen molar-refractivity contribution in [1.29, 1.82) is 0 Å². The molecule has 2 aromatic heterocycles. The summed E-state index contributed by atoms with van der Waals surface area (Å²) in [5.74, 6) is -0.258. The standard InChI is InChI=1S/C21H23NO2S/c1-4-5-6-9-24-21(23)17-13-18(19-8-7-10-25-19)22-20-15(3)11-14(2)12-16(17)20/h7-8,10-13H,4-6,9H2,1-3H3. The summed E-state index contributed by atoms with van der Waals surface area (Å²) in [6.45, 7) is 6.68. The van der Waals surface area contributed by atoms with Crippen LogP contribution in [-0.4, -0.2) is 17.6 Å². The second-order valence-electron chi connectivity index (χ2n) is 6.35. The average molecular weight is 353 g/mol. The van der Waals surface area contributed by atoms with Gasteiger partial charge in [-0.05, 0) is 49.4 Å². The van der Waals surface area contributed by atoms with Crippen LogP contribution in [0.2, 0.25) is 0 Å². The minimum absolute atomic E-state index is 0.258. The van der Waals surface area contributed by atoms with Gasteiger partial charge in [0, 0.05) is 5.39 Å². The Balaban J connectivity index is 2.06. The van der Waals surface area contributed by atoms with E-state index in [-0.39, 0.29) is 5.97 Å². The zero-order chi connectivity index (χ0) is 17.8. The number of unbranched alkanes of at least 4 members (excludes halogenated alkanes) is 2. The third-order valence-electron chi connectivity index (χ3n) is 4.22. The molecule has 0 aliphatic carbocycles. The number of aromatic nitrogens is 1. The summed E-state index contributed by atoms with van der Waals surface area (Å²) in [6.07, 6.45) is 3.08. The first-order chi connectivity index (χ1) is 12.1. The number of hydrogen-bond donors (Lipinski definition) is 0. The lowest BCUT2D eigenvalue weighted by atomic mass is 10.0. The Morgan fingerprint density at radius 1 is 1.20 bits per heavy atom. The highest BCUT2D eigenvalue weighted by atomic mass is 32.1.